The molecule has 0 saturated carbocycles. The maximum atomic E-state index is 11.7. The first kappa shape index (κ1) is 13.8. The van der Waals surface area contributed by atoms with Gasteiger partial charge in [-0.1, -0.05) is 0 Å². The third-order valence-electron chi connectivity index (χ3n) is 2.17. The van der Waals surface area contributed by atoms with E-state index in [1.165, 1.54) is 11.4 Å². The number of aliphatic hydroxyl groups is 1. The molecule has 96 valence electrons. The molecule has 0 aromatic heterocycles. The SMILES string of the molecule is COCC(O)CNS(=O)(=O)N1CCOCC1. The third kappa shape index (κ3) is 4.32. The second-order valence-corrected chi connectivity index (χ2v) is 5.23. The highest BCUT2D eigenvalue weighted by Crippen LogP contribution is 2.02. The van der Waals surface area contributed by atoms with Crippen molar-refractivity contribution in [1.82, 2.24) is 9.03 Å². The smallest absolute Gasteiger partial charge is 0.279 e. The lowest BCUT2D eigenvalue weighted by Gasteiger charge is -2.26. The molecule has 1 saturated heterocycles. The topological polar surface area (TPSA) is 88.1 Å². The van der Waals surface area contributed by atoms with Crippen LogP contribution in [0.5, 0.6) is 0 Å². The Morgan fingerprint density at radius 1 is 1.50 bits per heavy atom. The number of morpholine rings is 1. The number of ether oxygens (including phenoxy) is 2. The van der Waals surface area contributed by atoms with E-state index in [-0.39, 0.29) is 13.2 Å². The molecule has 7 nitrogen and oxygen atoms in total. The fourth-order valence-electron chi connectivity index (χ4n) is 1.33. The lowest BCUT2D eigenvalue weighted by atomic mass is 10.4. The van der Waals surface area contributed by atoms with Crippen LogP contribution in [-0.2, 0) is 19.7 Å². The molecule has 1 heterocycles. The van der Waals surface area contributed by atoms with Crippen LogP contribution in [-0.4, -0.2) is 70.5 Å². The van der Waals surface area contributed by atoms with Crippen molar-refractivity contribution in [2.75, 3.05) is 46.6 Å². The van der Waals surface area contributed by atoms with Gasteiger partial charge in [0.2, 0.25) is 0 Å². The molecule has 0 radical (unpaired) electrons. The van der Waals surface area contributed by atoms with E-state index in [4.69, 9.17) is 9.47 Å². The van der Waals surface area contributed by atoms with Crippen LogP contribution in [0.25, 0.3) is 0 Å². The molecule has 1 rings (SSSR count). The number of hydrogen-bond donors (Lipinski definition) is 2. The van der Waals surface area contributed by atoms with E-state index < -0.39 is 16.3 Å². The standard InChI is InChI=1S/C8H18N2O5S/c1-14-7-8(11)6-9-16(12,13)10-2-4-15-5-3-10/h8-9,11H,2-7H2,1H3. The lowest BCUT2D eigenvalue weighted by molar-refractivity contribution is 0.0644. The van der Waals surface area contributed by atoms with Gasteiger partial charge in [0.05, 0.1) is 25.9 Å². The van der Waals surface area contributed by atoms with Gasteiger partial charge < -0.3 is 14.6 Å². The van der Waals surface area contributed by atoms with E-state index in [0.717, 1.165) is 0 Å². The zero-order valence-corrected chi connectivity index (χ0v) is 10.1. The summed E-state index contributed by atoms with van der Waals surface area (Å²) in [5.74, 6) is 0. The summed E-state index contributed by atoms with van der Waals surface area (Å²) in [4.78, 5) is 0. The first-order valence-electron chi connectivity index (χ1n) is 5.06. The number of nitrogens with one attached hydrogen (secondary N) is 1. The predicted octanol–water partition coefficient (Wildman–Crippen LogP) is -1.84. The van der Waals surface area contributed by atoms with Crippen LogP contribution in [0.1, 0.15) is 0 Å². The van der Waals surface area contributed by atoms with Gasteiger partial charge >= 0.3 is 0 Å². The Bertz CT molecular complexity index is 289. The van der Waals surface area contributed by atoms with Crippen molar-refractivity contribution < 1.29 is 23.0 Å². The number of methoxy groups -OCH3 is 1. The van der Waals surface area contributed by atoms with Gasteiger partial charge in [-0.05, 0) is 0 Å². The molecular weight excluding hydrogens is 236 g/mol. The minimum Gasteiger partial charge on any atom is -0.389 e. The van der Waals surface area contributed by atoms with E-state index in [9.17, 15) is 13.5 Å². The highest BCUT2D eigenvalue weighted by molar-refractivity contribution is 7.87. The Hall–Kier alpha value is -0.250. The maximum absolute atomic E-state index is 11.7. The van der Waals surface area contributed by atoms with Crippen molar-refractivity contribution in [3.8, 4) is 0 Å². The zero-order valence-electron chi connectivity index (χ0n) is 9.26. The summed E-state index contributed by atoms with van der Waals surface area (Å²) in [5, 5.41) is 9.32. The summed E-state index contributed by atoms with van der Waals surface area (Å²) >= 11 is 0. The van der Waals surface area contributed by atoms with Crippen molar-refractivity contribution in [1.29, 1.82) is 0 Å². The van der Waals surface area contributed by atoms with Crippen LogP contribution in [0.4, 0.5) is 0 Å². The molecule has 0 spiro atoms. The van der Waals surface area contributed by atoms with Crippen LogP contribution in [0, 0.1) is 0 Å². The summed E-state index contributed by atoms with van der Waals surface area (Å²) in [5.41, 5.74) is 0. The maximum Gasteiger partial charge on any atom is 0.279 e. The molecule has 16 heavy (non-hydrogen) atoms. The van der Waals surface area contributed by atoms with Gasteiger partial charge in [-0.3, -0.25) is 0 Å². The number of nitrogens with zero attached hydrogens (tertiary/aromatic N) is 1. The molecule has 1 aliphatic rings. The van der Waals surface area contributed by atoms with Gasteiger partial charge in [0, 0.05) is 26.7 Å². The summed E-state index contributed by atoms with van der Waals surface area (Å²) in [6, 6.07) is 0. The second kappa shape index (κ2) is 6.48. The van der Waals surface area contributed by atoms with Crippen molar-refractivity contribution in [2.24, 2.45) is 0 Å². The minimum atomic E-state index is -3.51. The zero-order chi connectivity index (χ0) is 12.0. The van der Waals surface area contributed by atoms with E-state index >= 15 is 0 Å². The highest BCUT2D eigenvalue weighted by Gasteiger charge is 2.24. The Kier molecular flexibility index (Phi) is 5.59. The highest BCUT2D eigenvalue weighted by atomic mass is 32.2. The average molecular weight is 254 g/mol. The fraction of sp³-hybridized carbons (Fsp3) is 1.00. The van der Waals surface area contributed by atoms with E-state index in [1.54, 1.807) is 0 Å². The summed E-state index contributed by atoms with van der Waals surface area (Å²) < 4.78 is 36.8. The van der Waals surface area contributed by atoms with Gasteiger partial charge in [-0.2, -0.15) is 17.4 Å². The lowest BCUT2D eigenvalue weighted by Crippen LogP contribution is -2.48. The van der Waals surface area contributed by atoms with E-state index in [1.807, 2.05) is 0 Å². The van der Waals surface area contributed by atoms with Crippen LogP contribution in [0.15, 0.2) is 0 Å². The van der Waals surface area contributed by atoms with Crippen LogP contribution < -0.4 is 4.72 Å². The third-order valence-corrected chi connectivity index (χ3v) is 3.75. The monoisotopic (exact) mass is 254 g/mol. The van der Waals surface area contributed by atoms with Crippen LogP contribution in [0.3, 0.4) is 0 Å². The minimum absolute atomic E-state index is 0.0481. The van der Waals surface area contributed by atoms with Gasteiger partial charge in [-0.15, -0.1) is 0 Å². The van der Waals surface area contributed by atoms with Crippen molar-refractivity contribution in [2.45, 2.75) is 6.10 Å². The molecule has 0 aromatic rings. The Labute approximate surface area is 95.5 Å². The number of aliphatic hydroxyl groups excluding tert-OH is 1. The molecule has 0 bridgehead atoms. The van der Waals surface area contributed by atoms with Gasteiger partial charge in [0.25, 0.3) is 10.2 Å². The molecule has 1 unspecified atom stereocenters. The molecule has 1 atom stereocenters. The van der Waals surface area contributed by atoms with Crippen molar-refractivity contribution >= 4 is 10.2 Å². The summed E-state index contributed by atoms with van der Waals surface area (Å²) in [6.45, 7) is 1.55. The van der Waals surface area contributed by atoms with E-state index in [0.29, 0.717) is 26.3 Å². The van der Waals surface area contributed by atoms with Crippen LogP contribution in [0.2, 0.25) is 0 Å². The molecule has 0 amide bonds. The first-order valence-corrected chi connectivity index (χ1v) is 6.50. The summed E-state index contributed by atoms with van der Waals surface area (Å²) in [6.07, 6.45) is -0.833. The second-order valence-electron chi connectivity index (χ2n) is 3.47. The van der Waals surface area contributed by atoms with Crippen LogP contribution >= 0.6 is 0 Å². The Balaban J connectivity index is 2.38. The van der Waals surface area contributed by atoms with Crippen molar-refractivity contribution in [3.63, 3.8) is 0 Å². The van der Waals surface area contributed by atoms with Gasteiger partial charge in [0.1, 0.15) is 0 Å². The predicted molar refractivity (Wildman–Crippen MR) is 57.2 cm³/mol. The molecule has 0 aromatic carbocycles. The molecule has 0 aliphatic carbocycles. The average Bonchev–Trinajstić information content (AvgIpc) is 2.28. The normalized spacial score (nSPS) is 20.9. The number of hydrogen-bond acceptors (Lipinski definition) is 5. The fourth-order valence-corrected chi connectivity index (χ4v) is 2.55. The Morgan fingerprint density at radius 2 is 2.12 bits per heavy atom. The summed E-state index contributed by atoms with van der Waals surface area (Å²) in [7, 11) is -2.06. The molecule has 2 N–H and O–H groups in total. The van der Waals surface area contributed by atoms with E-state index in [2.05, 4.69) is 4.72 Å². The molecular formula is C8H18N2O5S. The molecule has 8 heteroatoms. The molecule has 1 aliphatic heterocycles. The van der Waals surface area contributed by atoms with Crippen molar-refractivity contribution in [3.05, 3.63) is 0 Å². The first-order chi connectivity index (χ1) is 7.56. The molecule has 1 fully saturated rings. The number of rotatable bonds is 6. The Morgan fingerprint density at radius 3 is 2.69 bits per heavy atom. The quantitative estimate of drug-likeness (QED) is 0.581. The largest absolute Gasteiger partial charge is 0.389 e. The van der Waals surface area contributed by atoms with Gasteiger partial charge in [0.15, 0.2) is 0 Å². The van der Waals surface area contributed by atoms with Gasteiger partial charge in [-0.25, -0.2) is 0 Å².